The fourth-order valence-electron chi connectivity index (χ4n) is 2.68. The Labute approximate surface area is 128 Å². The normalized spacial score (nSPS) is 16.7. The van der Waals surface area contributed by atoms with Gasteiger partial charge in [0.1, 0.15) is 0 Å². The van der Waals surface area contributed by atoms with Crippen molar-refractivity contribution >= 4 is 33.2 Å². The molecule has 0 radical (unpaired) electrons. The molecule has 21 heavy (non-hydrogen) atoms. The first-order valence-corrected chi connectivity index (χ1v) is 7.85. The number of likely N-dealkylation sites (tertiary alicyclic amines) is 1. The maximum Gasteiger partial charge on any atom is 0.227 e. The summed E-state index contributed by atoms with van der Waals surface area (Å²) in [7, 11) is 0. The zero-order valence-corrected chi connectivity index (χ0v) is 12.5. The van der Waals surface area contributed by atoms with Crippen LogP contribution >= 0.6 is 11.5 Å². The number of nitrogens with zero attached hydrogens (tertiary/aromatic N) is 2. The van der Waals surface area contributed by atoms with Crippen LogP contribution in [0, 0.1) is 18.3 Å². The third-order valence-electron chi connectivity index (χ3n) is 3.89. The summed E-state index contributed by atoms with van der Waals surface area (Å²) >= 11 is 1.46. The van der Waals surface area contributed by atoms with Crippen LogP contribution in [0.25, 0.3) is 10.1 Å². The summed E-state index contributed by atoms with van der Waals surface area (Å²) in [6, 6.07) is 5.91. The van der Waals surface area contributed by atoms with Crippen LogP contribution in [0.5, 0.6) is 0 Å². The highest BCUT2D eigenvalue weighted by Crippen LogP contribution is 2.24. The molecule has 0 unspecified atom stereocenters. The number of hydrogen-bond donors (Lipinski definition) is 1. The van der Waals surface area contributed by atoms with Gasteiger partial charge in [0.15, 0.2) is 0 Å². The van der Waals surface area contributed by atoms with Gasteiger partial charge in [-0.1, -0.05) is 5.92 Å². The number of hydrogen-bond acceptors (Lipinski definition) is 4. The molecule has 3 rings (SSSR count). The zero-order chi connectivity index (χ0) is 14.7. The largest absolute Gasteiger partial charge is 0.326 e. The Kier molecular flexibility index (Phi) is 4.18. The van der Waals surface area contributed by atoms with Crippen molar-refractivity contribution in [2.75, 3.05) is 25.0 Å². The number of terminal acetylenes is 1. The molecule has 108 valence electrons. The second-order valence-corrected chi connectivity index (χ2v) is 6.16. The molecule has 1 aromatic carbocycles. The quantitative estimate of drug-likeness (QED) is 0.886. The summed E-state index contributed by atoms with van der Waals surface area (Å²) in [4.78, 5) is 14.5. The molecule has 1 N–H and O–H groups in total. The van der Waals surface area contributed by atoms with Gasteiger partial charge in [0.25, 0.3) is 0 Å². The maximum absolute atomic E-state index is 12.3. The van der Waals surface area contributed by atoms with E-state index in [2.05, 4.69) is 20.5 Å². The topological polar surface area (TPSA) is 45.2 Å². The number of benzene rings is 1. The first kappa shape index (κ1) is 14.1. The van der Waals surface area contributed by atoms with Crippen molar-refractivity contribution in [3.8, 4) is 12.3 Å². The highest BCUT2D eigenvalue weighted by Gasteiger charge is 2.24. The van der Waals surface area contributed by atoms with Gasteiger partial charge in [0.05, 0.1) is 11.2 Å². The average molecular weight is 299 g/mol. The number of nitrogens with one attached hydrogen (secondary N) is 1. The Bertz CT molecular complexity index is 680. The van der Waals surface area contributed by atoms with Crippen molar-refractivity contribution in [3.63, 3.8) is 0 Å². The van der Waals surface area contributed by atoms with Crippen LogP contribution in [-0.4, -0.2) is 34.8 Å². The molecule has 2 heterocycles. The summed E-state index contributed by atoms with van der Waals surface area (Å²) in [6.45, 7) is 2.47. The molecule has 0 atom stereocenters. The monoisotopic (exact) mass is 299 g/mol. The fourth-order valence-corrected chi connectivity index (χ4v) is 3.30. The Morgan fingerprint density at radius 2 is 2.29 bits per heavy atom. The molecule has 0 spiro atoms. The maximum atomic E-state index is 12.3. The van der Waals surface area contributed by atoms with Gasteiger partial charge in [0.2, 0.25) is 5.91 Å². The zero-order valence-electron chi connectivity index (χ0n) is 11.7. The van der Waals surface area contributed by atoms with E-state index < -0.39 is 0 Å². The number of carbonyl (C=O) groups excluding carboxylic acids is 1. The van der Waals surface area contributed by atoms with Crippen molar-refractivity contribution in [2.45, 2.75) is 12.8 Å². The first-order chi connectivity index (χ1) is 10.3. The van der Waals surface area contributed by atoms with Gasteiger partial charge >= 0.3 is 0 Å². The lowest BCUT2D eigenvalue weighted by Crippen LogP contribution is -2.38. The van der Waals surface area contributed by atoms with E-state index in [-0.39, 0.29) is 11.8 Å². The molecule has 1 saturated heterocycles. The van der Waals surface area contributed by atoms with E-state index in [9.17, 15) is 4.79 Å². The smallest absolute Gasteiger partial charge is 0.227 e. The molecule has 1 aromatic heterocycles. The highest BCUT2D eigenvalue weighted by molar-refractivity contribution is 7.13. The Morgan fingerprint density at radius 3 is 3.05 bits per heavy atom. The summed E-state index contributed by atoms with van der Waals surface area (Å²) in [6.07, 6.45) is 8.89. The lowest BCUT2D eigenvalue weighted by atomic mass is 9.96. The predicted octanol–water partition coefficient (Wildman–Crippen LogP) is 2.58. The van der Waals surface area contributed by atoms with Crippen LogP contribution in [-0.2, 0) is 4.79 Å². The fraction of sp³-hybridized carbons (Fsp3) is 0.375. The molecule has 1 aliphatic rings. The van der Waals surface area contributed by atoms with Crippen LogP contribution in [0.4, 0.5) is 5.69 Å². The van der Waals surface area contributed by atoms with Crippen molar-refractivity contribution in [1.82, 2.24) is 9.27 Å². The minimum absolute atomic E-state index is 0.0790. The predicted molar refractivity (Wildman–Crippen MR) is 86.2 cm³/mol. The molecule has 1 aliphatic heterocycles. The number of aromatic nitrogens is 1. The summed E-state index contributed by atoms with van der Waals surface area (Å²) in [5.74, 6) is 2.84. The minimum atomic E-state index is 0.0790. The van der Waals surface area contributed by atoms with Gasteiger partial charge in [-0.3, -0.25) is 9.69 Å². The summed E-state index contributed by atoms with van der Waals surface area (Å²) < 4.78 is 5.28. The lowest BCUT2D eigenvalue weighted by Gasteiger charge is -2.29. The molecule has 2 aromatic rings. The van der Waals surface area contributed by atoms with Gasteiger partial charge < -0.3 is 5.32 Å². The van der Waals surface area contributed by atoms with Gasteiger partial charge in [-0.05, 0) is 55.7 Å². The van der Waals surface area contributed by atoms with Gasteiger partial charge in [-0.2, -0.15) is 4.37 Å². The molecule has 1 fully saturated rings. The van der Waals surface area contributed by atoms with E-state index in [0.717, 1.165) is 41.7 Å². The van der Waals surface area contributed by atoms with E-state index in [1.165, 1.54) is 11.5 Å². The van der Waals surface area contributed by atoms with Crippen LogP contribution in [0.1, 0.15) is 12.8 Å². The van der Waals surface area contributed by atoms with Gasteiger partial charge in [0, 0.05) is 23.2 Å². The van der Waals surface area contributed by atoms with Crippen molar-refractivity contribution in [2.24, 2.45) is 5.92 Å². The first-order valence-electron chi connectivity index (χ1n) is 7.07. The standard InChI is InChI=1S/C16H17N3OS/c1-2-7-19-8-5-12(6-9-19)16(20)18-14-3-4-15-13(10-14)11-17-21-15/h1,3-4,10-12H,5-9H2,(H,18,20). The third kappa shape index (κ3) is 3.23. The molecule has 4 nitrogen and oxygen atoms in total. The Morgan fingerprint density at radius 1 is 1.48 bits per heavy atom. The molecule has 5 heteroatoms. The second kappa shape index (κ2) is 6.25. The molecule has 0 aliphatic carbocycles. The molecular weight excluding hydrogens is 282 g/mol. The van der Waals surface area contributed by atoms with Crippen molar-refractivity contribution in [3.05, 3.63) is 24.4 Å². The third-order valence-corrected chi connectivity index (χ3v) is 4.67. The van der Waals surface area contributed by atoms with Crippen LogP contribution in [0.15, 0.2) is 24.4 Å². The number of anilines is 1. The van der Waals surface area contributed by atoms with E-state index in [0.29, 0.717) is 6.54 Å². The summed E-state index contributed by atoms with van der Waals surface area (Å²) in [5.41, 5.74) is 0.846. The number of amides is 1. The van der Waals surface area contributed by atoms with E-state index in [4.69, 9.17) is 6.42 Å². The van der Waals surface area contributed by atoms with E-state index >= 15 is 0 Å². The van der Waals surface area contributed by atoms with E-state index in [1.54, 1.807) is 0 Å². The van der Waals surface area contributed by atoms with Crippen LogP contribution in [0.3, 0.4) is 0 Å². The van der Waals surface area contributed by atoms with E-state index in [1.807, 2.05) is 24.4 Å². The lowest BCUT2D eigenvalue weighted by molar-refractivity contribution is -0.121. The minimum Gasteiger partial charge on any atom is -0.326 e. The highest BCUT2D eigenvalue weighted by atomic mass is 32.1. The van der Waals surface area contributed by atoms with Crippen LogP contribution in [0.2, 0.25) is 0 Å². The number of fused-ring (bicyclic) bond motifs is 1. The SMILES string of the molecule is C#CCN1CCC(C(=O)Nc2ccc3sncc3c2)CC1. The van der Waals surface area contributed by atoms with Crippen LogP contribution < -0.4 is 5.32 Å². The summed E-state index contributed by atoms with van der Waals surface area (Å²) in [5, 5.41) is 4.09. The van der Waals surface area contributed by atoms with Gasteiger partial charge in [-0.25, -0.2) is 0 Å². The number of carbonyl (C=O) groups is 1. The average Bonchev–Trinajstić information content (AvgIpc) is 2.96. The Hall–Kier alpha value is -1.90. The number of rotatable bonds is 3. The molecule has 0 saturated carbocycles. The second-order valence-electron chi connectivity index (χ2n) is 5.32. The molecular formula is C16H17N3OS. The number of piperidine rings is 1. The molecule has 1 amide bonds. The van der Waals surface area contributed by atoms with Crippen molar-refractivity contribution in [1.29, 1.82) is 0 Å². The molecule has 0 bridgehead atoms. The van der Waals surface area contributed by atoms with Crippen molar-refractivity contribution < 1.29 is 4.79 Å². The van der Waals surface area contributed by atoms with Gasteiger partial charge in [-0.15, -0.1) is 6.42 Å². The Balaban J connectivity index is 1.60.